The molecule has 154 valence electrons. The van der Waals surface area contributed by atoms with Crippen molar-refractivity contribution in [3.05, 3.63) is 48.2 Å². The minimum absolute atomic E-state index is 0.175. The molecule has 0 atom stereocenters. The van der Waals surface area contributed by atoms with Crippen molar-refractivity contribution >= 4 is 23.4 Å². The van der Waals surface area contributed by atoms with Gasteiger partial charge in [-0.05, 0) is 24.3 Å². The van der Waals surface area contributed by atoms with Crippen molar-refractivity contribution in [2.45, 2.75) is 31.5 Å². The maximum Gasteiger partial charge on any atom is 0.234 e. The second-order valence-electron chi connectivity index (χ2n) is 6.56. The Balaban J connectivity index is 1.70. The average molecular weight is 417 g/mol. The van der Waals surface area contributed by atoms with Crippen LogP contribution in [0.4, 0.5) is 5.69 Å². The van der Waals surface area contributed by atoms with Crippen LogP contribution in [0.3, 0.4) is 0 Å². The number of hydrogen-bond acceptors (Lipinski definition) is 7. The Morgan fingerprint density at radius 1 is 1.24 bits per heavy atom. The molecule has 1 aromatic carbocycles. The van der Waals surface area contributed by atoms with Gasteiger partial charge in [-0.2, -0.15) is 0 Å². The molecular formula is C20H24N4O4S. The van der Waals surface area contributed by atoms with Gasteiger partial charge in [-0.3, -0.25) is 9.36 Å². The number of aromatic nitrogens is 3. The molecule has 1 amide bonds. The van der Waals surface area contributed by atoms with Crippen LogP contribution in [0.25, 0.3) is 0 Å². The van der Waals surface area contributed by atoms with Gasteiger partial charge in [-0.15, -0.1) is 10.2 Å². The number of nitrogens with one attached hydrogen (secondary N) is 1. The Bertz CT molecular complexity index is 954. The monoisotopic (exact) mass is 416 g/mol. The highest BCUT2D eigenvalue weighted by molar-refractivity contribution is 7.99. The number of anilines is 1. The summed E-state index contributed by atoms with van der Waals surface area (Å²) in [5.41, 5.74) is 0.553. The van der Waals surface area contributed by atoms with Gasteiger partial charge < -0.3 is 19.2 Å². The molecule has 0 radical (unpaired) electrons. The van der Waals surface area contributed by atoms with Crippen LogP contribution in [-0.4, -0.2) is 40.6 Å². The number of carbonyl (C=O) groups is 1. The Morgan fingerprint density at radius 2 is 2.07 bits per heavy atom. The third-order valence-corrected chi connectivity index (χ3v) is 5.14. The van der Waals surface area contributed by atoms with E-state index in [1.807, 2.05) is 16.7 Å². The molecule has 0 aliphatic carbocycles. The number of hydrogen-bond donors (Lipinski definition) is 1. The molecule has 3 aromatic rings. The second kappa shape index (κ2) is 9.51. The van der Waals surface area contributed by atoms with E-state index < -0.39 is 0 Å². The molecule has 0 unspecified atom stereocenters. The van der Waals surface area contributed by atoms with E-state index in [1.165, 1.54) is 11.8 Å². The van der Waals surface area contributed by atoms with Crippen LogP contribution in [0, 0.1) is 0 Å². The van der Waals surface area contributed by atoms with Gasteiger partial charge in [0.1, 0.15) is 23.1 Å². The normalized spacial score (nSPS) is 10.9. The molecule has 9 heteroatoms. The minimum atomic E-state index is -0.180. The lowest BCUT2D eigenvalue weighted by Gasteiger charge is -2.12. The summed E-state index contributed by atoms with van der Waals surface area (Å²) in [6.45, 7) is 4.62. The third-order valence-electron chi connectivity index (χ3n) is 4.17. The lowest BCUT2D eigenvalue weighted by atomic mass is 10.2. The SMILES string of the molecule is COc1ccc(OC)c(NC(=O)CSc2nnc(C(C)C)n2Cc2ccco2)c1. The van der Waals surface area contributed by atoms with Gasteiger partial charge in [0.2, 0.25) is 5.91 Å². The number of thioether (sulfide) groups is 1. The Kier molecular flexibility index (Phi) is 6.82. The lowest BCUT2D eigenvalue weighted by Crippen LogP contribution is -2.15. The van der Waals surface area contributed by atoms with Gasteiger partial charge in [-0.1, -0.05) is 25.6 Å². The predicted molar refractivity (Wildman–Crippen MR) is 111 cm³/mol. The van der Waals surface area contributed by atoms with Gasteiger partial charge >= 0.3 is 0 Å². The van der Waals surface area contributed by atoms with Crippen LogP contribution in [0.5, 0.6) is 11.5 Å². The van der Waals surface area contributed by atoms with Crippen LogP contribution in [0.2, 0.25) is 0 Å². The second-order valence-corrected chi connectivity index (χ2v) is 7.51. The van der Waals surface area contributed by atoms with Crippen LogP contribution in [0.15, 0.2) is 46.2 Å². The van der Waals surface area contributed by atoms with E-state index in [2.05, 4.69) is 29.4 Å². The van der Waals surface area contributed by atoms with Gasteiger partial charge in [0, 0.05) is 12.0 Å². The van der Waals surface area contributed by atoms with Crippen LogP contribution in [-0.2, 0) is 11.3 Å². The number of rotatable bonds is 9. The van der Waals surface area contributed by atoms with E-state index in [-0.39, 0.29) is 17.6 Å². The van der Waals surface area contributed by atoms with Crippen molar-refractivity contribution in [1.29, 1.82) is 0 Å². The summed E-state index contributed by atoms with van der Waals surface area (Å²) in [4.78, 5) is 12.5. The molecule has 8 nitrogen and oxygen atoms in total. The van der Waals surface area contributed by atoms with Crippen molar-refractivity contribution in [2.24, 2.45) is 0 Å². The van der Waals surface area contributed by atoms with Crippen LogP contribution >= 0.6 is 11.8 Å². The quantitative estimate of drug-likeness (QED) is 0.531. The lowest BCUT2D eigenvalue weighted by molar-refractivity contribution is -0.113. The number of carbonyl (C=O) groups excluding carboxylic acids is 1. The van der Waals surface area contributed by atoms with E-state index in [4.69, 9.17) is 13.9 Å². The predicted octanol–water partition coefficient (Wildman–Crippen LogP) is 3.79. The van der Waals surface area contributed by atoms with E-state index in [9.17, 15) is 4.79 Å². The summed E-state index contributed by atoms with van der Waals surface area (Å²) >= 11 is 1.32. The first-order valence-corrected chi connectivity index (χ1v) is 10.1. The van der Waals surface area contributed by atoms with Crippen molar-refractivity contribution in [1.82, 2.24) is 14.8 Å². The first-order valence-electron chi connectivity index (χ1n) is 9.12. The number of methoxy groups -OCH3 is 2. The first-order chi connectivity index (χ1) is 14.0. The Labute approximate surface area is 173 Å². The van der Waals surface area contributed by atoms with Gasteiger partial charge in [-0.25, -0.2) is 0 Å². The Morgan fingerprint density at radius 3 is 2.72 bits per heavy atom. The molecule has 0 saturated carbocycles. The van der Waals surface area contributed by atoms with Crippen LogP contribution < -0.4 is 14.8 Å². The molecule has 1 N–H and O–H groups in total. The molecule has 3 rings (SSSR count). The summed E-state index contributed by atoms with van der Waals surface area (Å²) < 4.78 is 18.0. The molecule has 2 aromatic heterocycles. The van der Waals surface area contributed by atoms with Crippen molar-refractivity contribution < 1.29 is 18.7 Å². The topological polar surface area (TPSA) is 91.4 Å². The number of amides is 1. The van der Waals surface area contributed by atoms with Crippen molar-refractivity contribution in [3.8, 4) is 11.5 Å². The van der Waals surface area contributed by atoms with E-state index in [0.29, 0.717) is 28.9 Å². The zero-order valence-corrected chi connectivity index (χ0v) is 17.7. The number of ether oxygens (including phenoxy) is 2. The van der Waals surface area contributed by atoms with Gasteiger partial charge in [0.05, 0.1) is 38.5 Å². The summed E-state index contributed by atoms with van der Waals surface area (Å²) in [6, 6.07) is 8.98. The fourth-order valence-electron chi connectivity index (χ4n) is 2.77. The summed E-state index contributed by atoms with van der Waals surface area (Å²) in [6.07, 6.45) is 1.64. The number of furan rings is 1. The third kappa shape index (κ3) is 5.11. The Hall–Kier alpha value is -2.94. The fourth-order valence-corrected chi connectivity index (χ4v) is 3.51. The minimum Gasteiger partial charge on any atom is -0.497 e. The summed E-state index contributed by atoms with van der Waals surface area (Å²) in [5, 5.41) is 12.1. The highest BCUT2D eigenvalue weighted by Gasteiger charge is 2.18. The molecule has 0 aliphatic rings. The molecular weight excluding hydrogens is 392 g/mol. The zero-order valence-electron chi connectivity index (χ0n) is 16.8. The molecule has 0 aliphatic heterocycles. The number of nitrogens with zero attached hydrogens (tertiary/aromatic N) is 3. The molecule has 0 bridgehead atoms. The standard InChI is InChI=1S/C20H24N4O4S/c1-13(2)19-22-23-20(24(19)11-15-6-5-9-28-15)29-12-18(25)21-16-10-14(26-3)7-8-17(16)27-4/h5-10,13H,11-12H2,1-4H3,(H,21,25). The molecule has 2 heterocycles. The largest absolute Gasteiger partial charge is 0.497 e. The fraction of sp³-hybridized carbons (Fsp3) is 0.350. The summed E-state index contributed by atoms with van der Waals surface area (Å²) in [5.74, 6) is 3.04. The van der Waals surface area contributed by atoms with Gasteiger partial charge in [0.15, 0.2) is 5.16 Å². The summed E-state index contributed by atoms with van der Waals surface area (Å²) in [7, 11) is 3.12. The maximum absolute atomic E-state index is 12.5. The smallest absolute Gasteiger partial charge is 0.234 e. The molecule has 0 spiro atoms. The highest BCUT2D eigenvalue weighted by atomic mass is 32.2. The molecule has 29 heavy (non-hydrogen) atoms. The van der Waals surface area contributed by atoms with E-state index in [0.717, 1.165) is 11.6 Å². The van der Waals surface area contributed by atoms with Crippen molar-refractivity contribution in [3.63, 3.8) is 0 Å². The van der Waals surface area contributed by atoms with Crippen molar-refractivity contribution in [2.75, 3.05) is 25.3 Å². The highest BCUT2D eigenvalue weighted by Crippen LogP contribution is 2.29. The molecule has 0 fully saturated rings. The first kappa shape index (κ1) is 20.8. The van der Waals surface area contributed by atoms with E-state index >= 15 is 0 Å². The maximum atomic E-state index is 12.5. The zero-order chi connectivity index (χ0) is 20.8. The number of benzene rings is 1. The average Bonchev–Trinajstić information content (AvgIpc) is 3.36. The van der Waals surface area contributed by atoms with Gasteiger partial charge in [0.25, 0.3) is 0 Å². The van der Waals surface area contributed by atoms with E-state index in [1.54, 1.807) is 38.7 Å². The van der Waals surface area contributed by atoms with Crippen LogP contribution in [0.1, 0.15) is 31.4 Å². The molecule has 0 saturated heterocycles.